The molecule has 4 nitrogen and oxygen atoms in total. The lowest BCUT2D eigenvalue weighted by molar-refractivity contribution is 0.0954. The zero-order valence-electron chi connectivity index (χ0n) is 13.6. The first-order chi connectivity index (χ1) is 10.7. The summed E-state index contributed by atoms with van der Waals surface area (Å²) in [6.07, 6.45) is 6.98. The fraction of sp³-hybridized carbons (Fsp3) is 0.556. The fourth-order valence-electron chi connectivity index (χ4n) is 2.88. The smallest absolute Gasteiger partial charge is 0.271 e. The summed E-state index contributed by atoms with van der Waals surface area (Å²) in [4.78, 5) is 12.1. The monoisotopic (exact) mass is 302 g/mol. The van der Waals surface area contributed by atoms with Gasteiger partial charge in [-0.3, -0.25) is 4.79 Å². The standard InChI is InChI=1S/C18H26N2O2/c1-3-5-14-6-10-16(11-7-14)19-20-18(21)15-8-12-17(13-9-15)22-4-2/h8-9,12-14H,3-7,10-11H2,1-2H3,(H,20,21). The number of hydrazone groups is 1. The number of ether oxygens (including phenoxy) is 1. The Bertz CT molecular complexity index is 498. The molecule has 0 heterocycles. The predicted octanol–water partition coefficient (Wildman–Crippen LogP) is 4.16. The van der Waals surface area contributed by atoms with E-state index in [4.69, 9.17) is 4.74 Å². The minimum atomic E-state index is -0.161. The van der Waals surface area contributed by atoms with E-state index in [0.29, 0.717) is 12.2 Å². The highest BCUT2D eigenvalue weighted by molar-refractivity contribution is 5.95. The van der Waals surface area contributed by atoms with Crippen molar-refractivity contribution in [2.45, 2.75) is 52.4 Å². The van der Waals surface area contributed by atoms with E-state index in [1.807, 2.05) is 19.1 Å². The summed E-state index contributed by atoms with van der Waals surface area (Å²) in [6, 6.07) is 7.14. The number of nitrogens with zero attached hydrogens (tertiary/aromatic N) is 1. The van der Waals surface area contributed by atoms with E-state index in [1.165, 1.54) is 25.7 Å². The van der Waals surface area contributed by atoms with Crippen molar-refractivity contribution in [3.8, 4) is 5.75 Å². The molecule has 2 rings (SSSR count). The Hall–Kier alpha value is -1.84. The van der Waals surface area contributed by atoms with Crippen LogP contribution in [0, 0.1) is 5.92 Å². The molecule has 0 spiro atoms. The Balaban J connectivity index is 1.83. The minimum absolute atomic E-state index is 0.161. The molecule has 0 saturated heterocycles. The molecule has 1 saturated carbocycles. The van der Waals surface area contributed by atoms with Crippen molar-refractivity contribution in [3.63, 3.8) is 0 Å². The number of carbonyl (C=O) groups excluding carboxylic acids is 1. The molecular weight excluding hydrogens is 276 g/mol. The first kappa shape index (κ1) is 16.5. The molecule has 0 unspecified atom stereocenters. The quantitative estimate of drug-likeness (QED) is 0.802. The van der Waals surface area contributed by atoms with Crippen molar-refractivity contribution in [3.05, 3.63) is 29.8 Å². The van der Waals surface area contributed by atoms with Crippen LogP contribution in [0.25, 0.3) is 0 Å². The topological polar surface area (TPSA) is 50.7 Å². The van der Waals surface area contributed by atoms with E-state index >= 15 is 0 Å². The molecule has 1 amide bonds. The number of hydrogen-bond donors (Lipinski definition) is 1. The maximum atomic E-state index is 12.1. The average molecular weight is 302 g/mol. The van der Waals surface area contributed by atoms with Gasteiger partial charge in [0.05, 0.1) is 6.61 Å². The minimum Gasteiger partial charge on any atom is -0.494 e. The molecule has 1 fully saturated rings. The summed E-state index contributed by atoms with van der Waals surface area (Å²) in [5.41, 5.74) is 4.40. The molecule has 0 aliphatic heterocycles. The summed E-state index contributed by atoms with van der Waals surface area (Å²) in [5, 5.41) is 4.30. The Kier molecular flexibility index (Phi) is 6.44. The molecule has 0 atom stereocenters. The van der Waals surface area contributed by atoms with Gasteiger partial charge in [0.15, 0.2) is 0 Å². The van der Waals surface area contributed by atoms with Gasteiger partial charge in [0.1, 0.15) is 5.75 Å². The van der Waals surface area contributed by atoms with E-state index in [1.54, 1.807) is 12.1 Å². The molecule has 1 N–H and O–H groups in total. The molecular formula is C18H26N2O2. The predicted molar refractivity (Wildman–Crippen MR) is 89.4 cm³/mol. The van der Waals surface area contributed by atoms with Gasteiger partial charge < -0.3 is 4.74 Å². The SMILES string of the molecule is CCCC1CCC(=NNC(=O)c2ccc(OCC)cc2)CC1. The van der Waals surface area contributed by atoms with Crippen LogP contribution in [0.15, 0.2) is 29.4 Å². The van der Waals surface area contributed by atoms with E-state index in [2.05, 4.69) is 17.5 Å². The first-order valence-electron chi connectivity index (χ1n) is 8.31. The highest BCUT2D eigenvalue weighted by Gasteiger charge is 2.17. The van der Waals surface area contributed by atoms with Crippen molar-refractivity contribution in [1.82, 2.24) is 5.43 Å². The van der Waals surface area contributed by atoms with Crippen LogP contribution in [0.1, 0.15) is 62.7 Å². The molecule has 0 radical (unpaired) electrons. The number of benzene rings is 1. The van der Waals surface area contributed by atoms with Gasteiger partial charge in [0.25, 0.3) is 5.91 Å². The number of amides is 1. The van der Waals surface area contributed by atoms with Crippen molar-refractivity contribution in [2.75, 3.05) is 6.61 Å². The molecule has 1 aromatic carbocycles. The van der Waals surface area contributed by atoms with Crippen LogP contribution in [0.5, 0.6) is 5.75 Å². The zero-order valence-corrected chi connectivity index (χ0v) is 13.6. The second-order valence-corrected chi connectivity index (χ2v) is 5.81. The van der Waals surface area contributed by atoms with Crippen LogP contribution in [-0.4, -0.2) is 18.2 Å². The third-order valence-corrected chi connectivity index (χ3v) is 4.12. The third-order valence-electron chi connectivity index (χ3n) is 4.12. The van der Waals surface area contributed by atoms with Crippen molar-refractivity contribution in [2.24, 2.45) is 11.0 Å². The Morgan fingerprint density at radius 1 is 1.23 bits per heavy atom. The molecule has 120 valence electrons. The van der Waals surface area contributed by atoms with Gasteiger partial charge in [0, 0.05) is 11.3 Å². The Labute approximate surface area is 132 Å². The van der Waals surface area contributed by atoms with Gasteiger partial charge in [-0.15, -0.1) is 0 Å². The van der Waals surface area contributed by atoms with E-state index < -0.39 is 0 Å². The highest BCUT2D eigenvalue weighted by atomic mass is 16.5. The lowest BCUT2D eigenvalue weighted by Gasteiger charge is -2.22. The van der Waals surface area contributed by atoms with Gasteiger partial charge in [-0.1, -0.05) is 19.8 Å². The van der Waals surface area contributed by atoms with Gasteiger partial charge in [-0.05, 0) is 62.8 Å². The van der Waals surface area contributed by atoms with Crippen molar-refractivity contribution in [1.29, 1.82) is 0 Å². The highest BCUT2D eigenvalue weighted by Crippen LogP contribution is 2.25. The summed E-state index contributed by atoms with van der Waals surface area (Å²) >= 11 is 0. The zero-order chi connectivity index (χ0) is 15.8. The lowest BCUT2D eigenvalue weighted by atomic mass is 9.85. The molecule has 1 aliphatic carbocycles. The largest absolute Gasteiger partial charge is 0.494 e. The molecule has 0 bridgehead atoms. The normalized spacial score (nSPS) is 17.9. The van der Waals surface area contributed by atoms with Gasteiger partial charge in [-0.2, -0.15) is 5.10 Å². The summed E-state index contributed by atoms with van der Waals surface area (Å²) in [5.74, 6) is 1.46. The molecule has 1 aromatic rings. The second kappa shape index (κ2) is 8.57. The van der Waals surface area contributed by atoms with Crippen molar-refractivity contribution < 1.29 is 9.53 Å². The number of nitrogens with one attached hydrogen (secondary N) is 1. The van der Waals surface area contributed by atoms with Gasteiger partial charge in [0.2, 0.25) is 0 Å². The third kappa shape index (κ3) is 4.86. The maximum absolute atomic E-state index is 12.1. The Morgan fingerprint density at radius 3 is 2.50 bits per heavy atom. The molecule has 1 aliphatic rings. The lowest BCUT2D eigenvalue weighted by Crippen LogP contribution is -2.22. The van der Waals surface area contributed by atoms with Crippen LogP contribution in [-0.2, 0) is 0 Å². The van der Waals surface area contributed by atoms with E-state index in [0.717, 1.165) is 30.2 Å². The van der Waals surface area contributed by atoms with Crippen LogP contribution < -0.4 is 10.2 Å². The van der Waals surface area contributed by atoms with Crippen LogP contribution in [0.4, 0.5) is 0 Å². The van der Waals surface area contributed by atoms with Gasteiger partial charge >= 0.3 is 0 Å². The van der Waals surface area contributed by atoms with Crippen LogP contribution in [0.2, 0.25) is 0 Å². The maximum Gasteiger partial charge on any atom is 0.271 e. The van der Waals surface area contributed by atoms with E-state index in [9.17, 15) is 4.79 Å². The molecule has 4 heteroatoms. The summed E-state index contributed by atoms with van der Waals surface area (Å²) in [7, 11) is 0. The van der Waals surface area contributed by atoms with Crippen LogP contribution in [0.3, 0.4) is 0 Å². The molecule has 0 aromatic heterocycles. The molecule has 22 heavy (non-hydrogen) atoms. The number of carbonyl (C=O) groups is 1. The average Bonchev–Trinajstić information content (AvgIpc) is 2.55. The Morgan fingerprint density at radius 2 is 1.91 bits per heavy atom. The fourth-order valence-corrected chi connectivity index (χ4v) is 2.88. The second-order valence-electron chi connectivity index (χ2n) is 5.81. The van der Waals surface area contributed by atoms with Crippen LogP contribution >= 0.6 is 0 Å². The van der Waals surface area contributed by atoms with Gasteiger partial charge in [-0.25, -0.2) is 5.43 Å². The summed E-state index contributed by atoms with van der Waals surface area (Å²) < 4.78 is 5.37. The number of rotatable bonds is 6. The van der Waals surface area contributed by atoms with Crippen molar-refractivity contribution >= 4 is 11.6 Å². The summed E-state index contributed by atoms with van der Waals surface area (Å²) in [6.45, 7) is 4.80. The van der Waals surface area contributed by atoms with E-state index in [-0.39, 0.29) is 5.91 Å². The number of hydrogen-bond acceptors (Lipinski definition) is 3. The first-order valence-corrected chi connectivity index (χ1v) is 8.31.